The number of aromatic hydroxyl groups is 1. The number of hydrogen-bond acceptors (Lipinski definition) is 5. The van der Waals surface area contributed by atoms with E-state index in [0.29, 0.717) is 31.6 Å². The van der Waals surface area contributed by atoms with Crippen LogP contribution >= 0.6 is 0 Å². The van der Waals surface area contributed by atoms with Crippen molar-refractivity contribution in [1.29, 1.82) is 0 Å². The van der Waals surface area contributed by atoms with E-state index in [1.165, 1.54) is 5.56 Å². The average molecular weight is 499 g/mol. The number of nitrogens with zero attached hydrogens (tertiary/aromatic N) is 2. The zero-order chi connectivity index (χ0) is 26.1. The summed E-state index contributed by atoms with van der Waals surface area (Å²) in [6.07, 6.45) is 3.99. The van der Waals surface area contributed by atoms with Gasteiger partial charge >= 0.3 is 0 Å². The number of carbonyl (C=O) groups is 1. The molecule has 0 unspecified atom stereocenters. The molecule has 2 aromatic carbocycles. The van der Waals surface area contributed by atoms with Gasteiger partial charge in [0.1, 0.15) is 6.10 Å². The summed E-state index contributed by atoms with van der Waals surface area (Å²) < 4.78 is 6.46. The molecule has 2 aliphatic heterocycles. The van der Waals surface area contributed by atoms with Crippen LogP contribution < -0.4 is 4.74 Å². The summed E-state index contributed by atoms with van der Waals surface area (Å²) in [6, 6.07) is 9.26. The standard InChI is InChI=1S/C31H34N2O4/c1-5-13-33-14-12-30-26-17-23(32(4)27(35)11-8-21-7-6-19(2)20(3)15-21)18-31(30,36)25(33)16-22-9-10-24(34)29(37-26)28(22)30/h5-7,9-10,15,23,25-26,34,36H,1,12-14,16-18H2,2-4H3/t23-,25+,26-,30+,31+/m0/s1. The molecular weight excluding hydrogens is 464 g/mol. The number of benzene rings is 2. The molecule has 2 N–H and O–H groups in total. The van der Waals surface area contributed by atoms with Crippen molar-refractivity contribution in [3.05, 3.63) is 70.8 Å². The van der Waals surface area contributed by atoms with Crippen LogP contribution in [-0.2, 0) is 16.6 Å². The second-order valence-electron chi connectivity index (χ2n) is 11.3. The predicted molar refractivity (Wildman–Crippen MR) is 142 cm³/mol. The highest BCUT2D eigenvalue weighted by Gasteiger charge is 2.72. The Bertz CT molecular complexity index is 1370. The van der Waals surface area contributed by atoms with Gasteiger partial charge in [0.15, 0.2) is 11.5 Å². The van der Waals surface area contributed by atoms with E-state index in [9.17, 15) is 15.0 Å². The number of ether oxygens (including phenoxy) is 1. The molecule has 2 aliphatic carbocycles. The molecule has 2 heterocycles. The maximum Gasteiger partial charge on any atom is 0.298 e. The van der Waals surface area contributed by atoms with Crippen molar-refractivity contribution >= 4 is 5.91 Å². The van der Waals surface area contributed by atoms with Crippen LogP contribution in [0.15, 0.2) is 43.0 Å². The van der Waals surface area contributed by atoms with E-state index in [4.69, 9.17) is 4.74 Å². The van der Waals surface area contributed by atoms with Gasteiger partial charge in [-0.2, -0.15) is 0 Å². The highest BCUT2D eigenvalue weighted by molar-refractivity contribution is 5.94. The topological polar surface area (TPSA) is 73.2 Å². The quantitative estimate of drug-likeness (QED) is 0.502. The van der Waals surface area contributed by atoms with E-state index < -0.39 is 11.0 Å². The molecule has 37 heavy (non-hydrogen) atoms. The van der Waals surface area contributed by atoms with Crippen LogP contribution in [0.3, 0.4) is 0 Å². The van der Waals surface area contributed by atoms with Gasteiger partial charge in [-0.3, -0.25) is 9.69 Å². The lowest BCUT2D eigenvalue weighted by Crippen LogP contribution is -2.77. The third kappa shape index (κ3) is 3.30. The molecule has 0 radical (unpaired) electrons. The number of aliphatic hydroxyl groups is 1. The van der Waals surface area contributed by atoms with Gasteiger partial charge in [0.2, 0.25) is 0 Å². The van der Waals surface area contributed by atoms with Crippen LogP contribution in [0.25, 0.3) is 0 Å². The number of amides is 1. The zero-order valence-corrected chi connectivity index (χ0v) is 21.8. The highest BCUT2D eigenvalue weighted by Crippen LogP contribution is 2.65. The molecule has 2 aromatic rings. The van der Waals surface area contributed by atoms with E-state index >= 15 is 0 Å². The van der Waals surface area contributed by atoms with Crippen molar-refractivity contribution in [2.45, 2.75) is 68.7 Å². The summed E-state index contributed by atoms with van der Waals surface area (Å²) in [4.78, 5) is 17.2. The van der Waals surface area contributed by atoms with Crippen LogP contribution in [-0.4, -0.2) is 69.8 Å². The van der Waals surface area contributed by atoms with Crippen LogP contribution in [0.4, 0.5) is 0 Å². The van der Waals surface area contributed by atoms with Gasteiger partial charge < -0.3 is 19.8 Å². The van der Waals surface area contributed by atoms with Gasteiger partial charge in [-0.15, -0.1) is 6.58 Å². The molecule has 4 aliphatic rings. The number of phenols is 1. The van der Waals surface area contributed by atoms with Crippen molar-refractivity contribution in [2.75, 3.05) is 20.1 Å². The molecule has 6 rings (SSSR count). The summed E-state index contributed by atoms with van der Waals surface area (Å²) in [5.74, 6) is 6.20. The first-order valence-corrected chi connectivity index (χ1v) is 13.1. The fourth-order valence-corrected chi connectivity index (χ4v) is 7.51. The summed E-state index contributed by atoms with van der Waals surface area (Å²) in [5.41, 5.74) is 3.56. The number of carbonyl (C=O) groups excluding carboxylic acids is 1. The molecule has 0 aromatic heterocycles. The van der Waals surface area contributed by atoms with Crippen molar-refractivity contribution in [3.63, 3.8) is 0 Å². The van der Waals surface area contributed by atoms with Gasteiger partial charge in [0.05, 0.1) is 11.0 Å². The molecule has 1 spiro atoms. The lowest BCUT2D eigenvalue weighted by molar-refractivity contribution is -0.196. The van der Waals surface area contributed by atoms with Crippen LogP contribution in [0, 0.1) is 25.7 Å². The van der Waals surface area contributed by atoms with Crippen molar-refractivity contribution < 1.29 is 19.7 Å². The molecule has 6 nitrogen and oxygen atoms in total. The third-order valence-corrected chi connectivity index (χ3v) is 9.54. The Morgan fingerprint density at radius 2 is 2.11 bits per heavy atom. The fourth-order valence-electron chi connectivity index (χ4n) is 7.51. The first kappa shape index (κ1) is 24.1. The maximum atomic E-state index is 13.2. The van der Waals surface area contributed by atoms with E-state index in [2.05, 4.69) is 30.2 Å². The Labute approximate surface area is 218 Å². The smallest absolute Gasteiger partial charge is 0.298 e. The molecule has 5 atom stereocenters. The highest BCUT2D eigenvalue weighted by atomic mass is 16.5. The zero-order valence-electron chi connectivity index (χ0n) is 21.8. The Balaban J connectivity index is 1.35. The third-order valence-electron chi connectivity index (χ3n) is 9.54. The lowest BCUT2D eigenvalue weighted by Gasteiger charge is -2.64. The summed E-state index contributed by atoms with van der Waals surface area (Å²) >= 11 is 0. The van der Waals surface area contributed by atoms with E-state index in [-0.39, 0.29) is 29.8 Å². The molecule has 192 valence electrons. The summed E-state index contributed by atoms with van der Waals surface area (Å²) in [5, 5.41) is 23.3. The van der Waals surface area contributed by atoms with Crippen molar-refractivity contribution in [2.24, 2.45) is 0 Å². The largest absolute Gasteiger partial charge is 0.504 e. The average Bonchev–Trinajstić information content (AvgIpc) is 3.21. The molecule has 1 amide bonds. The SMILES string of the molecule is C=CCN1CC[C@]23c4c5ccc(O)c4O[C@H]2C[C@H](N(C)C(=O)C#Cc2ccc(C)c(C)c2)C[C@@]3(O)[C@H]1C5. The number of likely N-dealkylation sites (tertiary alicyclic amines) is 1. The number of hydrogen-bond donors (Lipinski definition) is 2. The van der Waals surface area contributed by atoms with Crippen LogP contribution in [0.5, 0.6) is 11.5 Å². The summed E-state index contributed by atoms with van der Waals surface area (Å²) in [7, 11) is 1.77. The van der Waals surface area contributed by atoms with E-state index in [1.807, 2.05) is 37.3 Å². The second kappa shape index (κ2) is 8.37. The van der Waals surface area contributed by atoms with Gasteiger partial charge in [0, 0.05) is 49.1 Å². The minimum Gasteiger partial charge on any atom is -0.504 e. The number of phenolic OH excluding ortho intramolecular Hbond substituents is 1. The van der Waals surface area contributed by atoms with Gasteiger partial charge in [-0.1, -0.05) is 24.1 Å². The Kier molecular flexibility index (Phi) is 5.45. The summed E-state index contributed by atoms with van der Waals surface area (Å²) in [6.45, 7) is 9.54. The van der Waals surface area contributed by atoms with Gasteiger partial charge in [-0.25, -0.2) is 0 Å². The normalized spacial score (nSPS) is 31.0. The number of rotatable bonds is 3. The molecule has 2 fully saturated rings. The maximum absolute atomic E-state index is 13.2. The van der Waals surface area contributed by atoms with E-state index in [0.717, 1.165) is 35.2 Å². The molecule has 2 bridgehead atoms. The molecular formula is C31H34N2O4. The Morgan fingerprint density at radius 3 is 2.86 bits per heavy atom. The molecule has 6 heteroatoms. The van der Waals surface area contributed by atoms with Crippen molar-refractivity contribution in [1.82, 2.24) is 9.80 Å². The van der Waals surface area contributed by atoms with Gasteiger partial charge in [0.25, 0.3) is 5.91 Å². The van der Waals surface area contributed by atoms with Crippen LogP contribution in [0.2, 0.25) is 0 Å². The van der Waals surface area contributed by atoms with Crippen LogP contribution in [0.1, 0.15) is 47.1 Å². The Morgan fingerprint density at radius 1 is 1.30 bits per heavy atom. The first-order valence-electron chi connectivity index (χ1n) is 13.1. The number of aryl methyl sites for hydroxylation is 2. The lowest BCUT2D eigenvalue weighted by atomic mass is 9.48. The molecule has 1 saturated carbocycles. The second-order valence-corrected chi connectivity index (χ2v) is 11.3. The minimum absolute atomic E-state index is 0.122. The van der Waals surface area contributed by atoms with Crippen molar-refractivity contribution in [3.8, 4) is 23.3 Å². The fraction of sp³-hybridized carbons (Fsp3) is 0.452. The minimum atomic E-state index is -1.11. The number of piperidine rings is 1. The molecule has 1 saturated heterocycles. The Hall–Kier alpha value is -3.27. The first-order chi connectivity index (χ1) is 17.7. The predicted octanol–water partition coefficient (Wildman–Crippen LogP) is 3.23. The monoisotopic (exact) mass is 498 g/mol. The van der Waals surface area contributed by atoms with Gasteiger partial charge in [-0.05, 0) is 74.5 Å². The van der Waals surface area contributed by atoms with E-state index in [1.54, 1.807) is 18.0 Å².